The molecule has 0 aromatic heterocycles. The van der Waals surface area contributed by atoms with Gasteiger partial charge in [-0.15, -0.1) is 0 Å². The van der Waals surface area contributed by atoms with Crippen LogP contribution in [-0.2, 0) is 9.53 Å². The van der Waals surface area contributed by atoms with E-state index in [-0.39, 0.29) is 18.1 Å². The molecule has 0 spiro atoms. The minimum absolute atomic E-state index is 0.0844. The summed E-state index contributed by atoms with van der Waals surface area (Å²) >= 11 is 0. The number of carbonyl (C=O) groups is 2. The molecule has 0 saturated heterocycles. The van der Waals surface area contributed by atoms with Gasteiger partial charge in [-0.3, -0.25) is 4.79 Å². The molecule has 1 unspecified atom stereocenters. The minimum atomic E-state index is -0.860. The second-order valence-electron chi connectivity index (χ2n) is 5.54. The van der Waals surface area contributed by atoms with Crippen LogP contribution in [0.3, 0.4) is 0 Å². The molecule has 122 valence electrons. The highest BCUT2D eigenvalue weighted by atomic mass is 16.5. The van der Waals surface area contributed by atoms with Crippen LogP contribution in [0, 0.1) is 6.92 Å². The van der Waals surface area contributed by atoms with Gasteiger partial charge in [-0.05, 0) is 38.1 Å². The zero-order valence-electron chi connectivity index (χ0n) is 13.6. The lowest BCUT2D eigenvalue weighted by atomic mass is 9.95. The summed E-state index contributed by atoms with van der Waals surface area (Å²) in [4.78, 5) is 29.5. The number of ether oxygens (including phenoxy) is 1. The van der Waals surface area contributed by atoms with E-state index in [1.165, 1.54) is 0 Å². The predicted octanol–water partition coefficient (Wildman–Crippen LogP) is 3.31. The van der Waals surface area contributed by atoms with Crippen LogP contribution in [0.4, 0.5) is 11.4 Å². The third-order valence-corrected chi connectivity index (χ3v) is 3.79. The van der Waals surface area contributed by atoms with E-state index in [2.05, 4.69) is 10.3 Å². The van der Waals surface area contributed by atoms with Crippen molar-refractivity contribution in [3.8, 4) is 0 Å². The number of aliphatic imine (C=N–C) groups is 1. The van der Waals surface area contributed by atoms with Gasteiger partial charge in [0, 0.05) is 11.3 Å². The smallest absolute Gasteiger partial charge is 0.355 e. The van der Waals surface area contributed by atoms with Crippen LogP contribution in [-0.4, -0.2) is 30.1 Å². The van der Waals surface area contributed by atoms with E-state index in [0.717, 1.165) is 11.3 Å². The quantitative estimate of drug-likeness (QED) is 0.877. The summed E-state index contributed by atoms with van der Waals surface area (Å²) in [6, 6.07) is 13.7. The highest BCUT2D eigenvalue weighted by Crippen LogP contribution is 2.27. The number of nitrogens with zero attached hydrogens (tertiary/aromatic N) is 1. The van der Waals surface area contributed by atoms with Gasteiger partial charge in [0.1, 0.15) is 6.04 Å². The molecule has 0 radical (unpaired) electrons. The maximum absolute atomic E-state index is 12.9. The van der Waals surface area contributed by atoms with Crippen LogP contribution < -0.4 is 5.32 Å². The number of para-hydroxylation sites is 1. The average molecular weight is 322 g/mol. The fraction of sp³-hybridized carbons (Fsp3) is 0.211. The molecule has 0 aliphatic carbocycles. The lowest BCUT2D eigenvalue weighted by Gasteiger charge is -2.24. The highest BCUT2D eigenvalue weighted by Gasteiger charge is 2.36. The number of hydrogen-bond acceptors (Lipinski definition) is 5. The molecule has 24 heavy (non-hydrogen) atoms. The summed E-state index contributed by atoms with van der Waals surface area (Å²) < 4.78 is 5.07. The largest absolute Gasteiger partial charge is 0.461 e. The molecular formula is C19H18N2O3. The summed E-state index contributed by atoms with van der Waals surface area (Å²) in [5.74, 6) is -0.769. The minimum Gasteiger partial charge on any atom is -0.461 e. The number of hydrogen-bond donors (Lipinski definition) is 1. The number of nitrogens with one attached hydrogen (secondary N) is 1. The number of aryl methyl sites for hydroxylation is 1. The lowest BCUT2D eigenvalue weighted by molar-refractivity contribution is -0.135. The molecule has 1 aliphatic rings. The Morgan fingerprint density at radius 3 is 2.58 bits per heavy atom. The summed E-state index contributed by atoms with van der Waals surface area (Å²) in [6.07, 6.45) is 0. The van der Waals surface area contributed by atoms with Crippen LogP contribution in [0.25, 0.3) is 0 Å². The SMILES string of the molecule is CCOC(=O)C1=Nc2ccccc2C(=O)C1Nc1ccc(C)cc1. The van der Waals surface area contributed by atoms with Gasteiger partial charge in [0.2, 0.25) is 0 Å². The first kappa shape index (κ1) is 15.9. The molecule has 2 aromatic carbocycles. The molecule has 1 heterocycles. The second-order valence-corrected chi connectivity index (χ2v) is 5.54. The molecule has 1 N–H and O–H groups in total. The van der Waals surface area contributed by atoms with Crippen LogP contribution >= 0.6 is 0 Å². The monoisotopic (exact) mass is 322 g/mol. The molecular weight excluding hydrogens is 304 g/mol. The fourth-order valence-corrected chi connectivity index (χ4v) is 2.57. The number of anilines is 1. The Hall–Kier alpha value is -2.95. The normalized spacial score (nSPS) is 16.2. The molecule has 0 bridgehead atoms. The van der Waals surface area contributed by atoms with Crippen LogP contribution in [0.1, 0.15) is 22.8 Å². The zero-order chi connectivity index (χ0) is 17.1. The first-order valence-corrected chi connectivity index (χ1v) is 7.82. The number of esters is 1. The molecule has 0 saturated carbocycles. The van der Waals surface area contributed by atoms with E-state index < -0.39 is 12.0 Å². The molecule has 5 nitrogen and oxygen atoms in total. The van der Waals surface area contributed by atoms with Gasteiger partial charge in [0.25, 0.3) is 0 Å². The summed E-state index contributed by atoms with van der Waals surface area (Å²) in [5.41, 5.74) is 2.93. The lowest BCUT2D eigenvalue weighted by Crippen LogP contribution is -2.44. The number of rotatable bonds is 4. The number of benzene rings is 2. The molecule has 2 aromatic rings. The van der Waals surface area contributed by atoms with E-state index in [1.54, 1.807) is 31.2 Å². The van der Waals surface area contributed by atoms with E-state index >= 15 is 0 Å². The van der Waals surface area contributed by atoms with Crippen molar-refractivity contribution in [3.05, 3.63) is 59.7 Å². The van der Waals surface area contributed by atoms with Crippen LogP contribution in [0.5, 0.6) is 0 Å². The Kier molecular flexibility index (Phi) is 4.42. The molecule has 1 aliphatic heterocycles. The highest BCUT2D eigenvalue weighted by molar-refractivity contribution is 6.46. The number of ketones is 1. The van der Waals surface area contributed by atoms with E-state index in [4.69, 9.17) is 4.74 Å². The maximum Gasteiger partial charge on any atom is 0.355 e. The Morgan fingerprint density at radius 1 is 1.17 bits per heavy atom. The van der Waals surface area contributed by atoms with Crippen LogP contribution in [0.15, 0.2) is 53.5 Å². The molecule has 1 atom stereocenters. The van der Waals surface area contributed by atoms with Gasteiger partial charge >= 0.3 is 5.97 Å². The van der Waals surface area contributed by atoms with Crippen molar-refractivity contribution in [1.82, 2.24) is 0 Å². The van der Waals surface area contributed by atoms with Crippen molar-refractivity contribution < 1.29 is 14.3 Å². The number of carbonyl (C=O) groups excluding carboxylic acids is 2. The zero-order valence-corrected chi connectivity index (χ0v) is 13.6. The van der Waals surface area contributed by atoms with E-state index in [0.29, 0.717) is 11.3 Å². The summed E-state index contributed by atoms with van der Waals surface area (Å²) in [5, 5.41) is 3.11. The Bertz CT molecular complexity index is 810. The first-order chi connectivity index (χ1) is 11.6. The third kappa shape index (κ3) is 3.06. The Morgan fingerprint density at radius 2 is 1.88 bits per heavy atom. The number of fused-ring (bicyclic) bond motifs is 1. The average Bonchev–Trinajstić information content (AvgIpc) is 2.59. The standard InChI is InChI=1S/C19H18N2O3/c1-3-24-19(23)17-16(20-13-10-8-12(2)9-11-13)18(22)14-6-4-5-7-15(14)21-17/h4-11,16,20H,3H2,1-2H3. The van der Waals surface area contributed by atoms with Gasteiger partial charge < -0.3 is 10.1 Å². The van der Waals surface area contributed by atoms with E-state index in [1.807, 2.05) is 31.2 Å². The maximum atomic E-state index is 12.9. The van der Waals surface area contributed by atoms with Crippen molar-refractivity contribution in [1.29, 1.82) is 0 Å². The molecule has 0 fully saturated rings. The van der Waals surface area contributed by atoms with Gasteiger partial charge in [-0.1, -0.05) is 29.8 Å². The Labute approximate surface area is 140 Å². The summed E-state index contributed by atoms with van der Waals surface area (Å²) in [6.45, 7) is 3.93. The van der Waals surface area contributed by atoms with Crippen molar-refractivity contribution in [2.45, 2.75) is 19.9 Å². The fourth-order valence-electron chi connectivity index (χ4n) is 2.57. The van der Waals surface area contributed by atoms with Crippen LogP contribution in [0.2, 0.25) is 0 Å². The Balaban J connectivity index is 2.00. The van der Waals surface area contributed by atoms with Gasteiger partial charge in [-0.25, -0.2) is 9.79 Å². The van der Waals surface area contributed by atoms with Gasteiger partial charge in [0.05, 0.1) is 12.3 Å². The van der Waals surface area contributed by atoms with Crippen molar-refractivity contribution in [3.63, 3.8) is 0 Å². The second kappa shape index (κ2) is 6.66. The third-order valence-electron chi connectivity index (χ3n) is 3.79. The van der Waals surface area contributed by atoms with Crippen molar-refractivity contribution in [2.24, 2.45) is 4.99 Å². The summed E-state index contributed by atoms with van der Waals surface area (Å²) in [7, 11) is 0. The first-order valence-electron chi connectivity index (χ1n) is 7.82. The topological polar surface area (TPSA) is 67.8 Å². The van der Waals surface area contributed by atoms with Crippen molar-refractivity contribution in [2.75, 3.05) is 11.9 Å². The van der Waals surface area contributed by atoms with Crippen molar-refractivity contribution >= 4 is 28.8 Å². The van der Waals surface area contributed by atoms with Gasteiger partial charge in [-0.2, -0.15) is 0 Å². The van der Waals surface area contributed by atoms with E-state index in [9.17, 15) is 9.59 Å². The number of Topliss-reactive ketones (excluding diaryl/α,β-unsaturated/α-hetero) is 1. The molecule has 3 rings (SSSR count). The molecule has 0 amide bonds. The predicted molar refractivity (Wildman–Crippen MR) is 93.1 cm³/mol. The molecule has 5 heteroatoms. The van der Waals surface area contributed by atoms with Gasteiger partial charge in [0.15, 0.2) is 11.5 Å².